The highest BCUT2D eigenvalue weighted by Crippen LogP contribution is 2.25. The highest BCUT2D eigenvalue weighted by atomic mass is 79.9. The second-order valence-corrected chi connectivity index (χ2v) is 8.27. The largest absolute Gasteiger partial charge is 0.276 e. The number of hydrogen-bond acceptors (Lipinski definition) is 4. The summed E-state index contributed by atoms with van der Waals surface area (Å²) >= 11 is 3.41. The number of H-pyrrole nitrogens is 1. The second kappa shape index (κ2) is 6.54. The fraction of sp³-hybridized carbons (Fsp3) is 0. The van der Waals surface area contributed by atoms with Gasteiger partial charge >= 0.3 is 0 Å². The lowest BCUT2D eigenvalue weighted by molar-refractivity contribution is 0.601. The first-order valence-corrected chi connectivity index (χ1v) is 9.97. The summed E-state index contributed by atoms with van der Waals surface area (Å²) in [7, 11) is -3.74. The van der Waals surface area contributed by atoms with Crippen molar-refractivity contribution >= 4 is 42.5 Å². The minimum absolute atomic E-state index is 0.179. The normalized spacial score (nSPS) is 11.6. The van der Waals surface area contributed by atoms with E-state index in [2.05, 4.69) is 35.8 Å². The predicted octanol–water partition coefficient (Wildman–Crippen LogP) is 4.19. The van der Waals surface area contributed by atoms with E-state index in [4.69, 9.17) is 0 Å². The molecule has 0 atom stereocenters. The Morgan fingerprint density at radius 2 is 1.81 bits per heavy atom. The highest BCUT2D eigenvalue weighted by Gasteiger charge is 2.16. The number of fused-ring (bicyclic) bond motifs is 1. The van der Waals surface area contributed by atoms with E-state index in [1.165, 1.54) is 0 Å². The van der Waals surface area contributed by atoms with E-state index in [0.717, 1.165) is 20.8 Å². The molecule has 0 amide bonds. The van der Waals surface area contributed by atoms with Crippen molar-refractivity contribution in [2.45, 2.75) is 4.90 Å². The maximum Gasteiger partial charge on any atom is 0.263 e. The van der Waals surface area contributed by atoms with Gasteiger partial charge in [0, 0.05) is 28.5 Å². The maximum atomic E-state index is 12.7. The Hall–Kier alpha value is -2.71. The van der Waals surface area contributed by atoms with Gasteiger partial charge in [-0.1, -0.05) is 28.1 Å². The highest BCUT2D eigenvalue weighted by molar-refractivity contribution is 9.10. The van der Waals surface area contributed by atoms with Gasteiger partial charge in [0.15, 0.2) is 5.82 Å². The van der Waals surface area contributed by atoms with Gasteiger partial charge in [0.05, 0.1) is 10.6 Å². The average molecular weight is 429 g/mol. The lowest BCUT2D eigenvalue weighted by Crippen LogP contribution is -2.13. The van der Waals surface area contributed by atoms with Gasteiger partial charge in [-0.05, 0) is 47.2 Å². The second-order valence-electron chi connectivity index (χ2n) is 5.67. The number of anilines is 1. The van der Waals surface area contributed by atoms with Crippen LogP contribution in [0.3, 0.4) is 0 Å². The minimum atomic E-state index is -3.74. The van der Waals surface area contributed by atoms with E-state index in [-0.39, 0.29) is 10.7 Å². The monoisotopic (exact) mass is 428 g/mol. The molecule has 130 valence electrons. The molecule has 0 fully saturated rings. The SMILES string of the molecule is O=S(=O)(Nc1cc(-c2cccnc2)[nH]n1)c1ccc2cc(Br)ccc2c1. The van der Waals surface area contributed by atoms with Crippen LogP contribution < -0.4 is 4.72 Å². The Bertz CT molecular complexity index is 1190. The third kappa shape index (κ3) is 3.33. The number of aromatic amines is 1. The number of pyridine rings is 1. The summed E-state index contributed by atoms with van der Waals surface area (Å²) in [6, 6.07) is 16.0. The van der Waals surface area contributed by atoms with Crippen LogP contribution in [0.2, 0.25) is 0 Å². The van der Waals surface area contributed by atoms with Crippen molar-refractivity contribution in [2.24, 2.45) is 0 Å². The predicted molar refractivity (Wildman–Crippen MR) is 104 cm³/mol. The summed E-state index contributed by atoms with van der Waals surface area (Å²) in [6.45, 7) is 0. The van der Waals surface area contributed by atoms with Crippen LogP contribution in [0.4, 0.5) is 5.82 Å². The molecule has 2 aromatic heterocycles. The number of sulfonamides is 1. The fourth-order valence-corrected chi connectivity index (χ4v) is 4.01. The van der Waals surface area contributed by atoms with Crippen LogP contribution in [0.15, 0.2) is 76.4 Å². The standard InChI is InChI=1S/C18H13BrN4O2S/c19-15-5-3-13-9-16(6-4-12(13)8-15)26(24,25)23-18-10-17(21-22-18)14-2-1-7-20-11-14/h1-11H,(H2,21,22,23). The zero-order valence-corrected chi connectivity index (χ0v) is 15.8. The van der Waals surface area contributed by atoms with Crippen molar-refractivity contribution in [3.63, 3.8) is 0 Å². The summed E-state index contributed by atoms with van der Waals surface area (Å²) in [5, 5.41) is 8.64. The summed E-state index contributed by atoms with van der Waals surface area (Å²) in [4.78, 5) is 4.22. The van der Waals surface area contributed by atoms with Gasteiger partial charge < -0.3 is 0 Å². The number of nitrogens with one attached hydrogen (secondary N) is 2. The summed E-state index contributed by atoms with van der Waals surface area (Å²) in [5.74, 6) is 0.222. The number of benzene rings is 2. The van der Waals surface area contributed by atoms with Crippen LogP contribution in [0, 0.1) is 0 Å². The molecule has 6 nitrogen and oxygen atoms in total. The van der Waals surface area contributed by atoms with Crippen LogP contribution in [-0.2, 0) is 10.0 Å². The zero-order chi connectivity index (χ0) is 18.1. The number of rotatable bonds is 4. The average Bonchev–Trinajstić information content (AvgIpc) is 3.09. The molecule has 4 aromatic rings. The first-order valence-electron chi connectivity index (χ1n) is 7.69. The van der Waals surface area contributed by atoms with Gasteiger partial charge in [-0.15, -0.1) is 0 Å². The van der Waals surface area contributed by atoms with Crippen LogP contribution >= 0.6 is 15.9 Å². The molecule has 4 rings (SSSR count). The van der Waals surface area contributed by atoms with Crippen molar-refractivity contribution in [1.82, 2.24) is 15.2 Å². The molecule has 0 unspecified atom stereocenters. The van der Waals surface area contributed by atoms with E-state index in [0.29, 0.717) is 5.69 Å². The Morgan fingerprint density at radius 1 is 1.00 bits per heavy atom. The van der Waals surface area contributed by atoms with Crippen LogP contribution in [0.5, 0.6) is 0 Å². The molecule has 0 aliphatic heterocycles. The maximum absolute atomic E-state index is 12.7. The summed E-state index contributed by atoms with van der Waals surface area (Å²) in [5.41, 5.74) is 1.50. The van der Waals surface area contributed by atoms with Crippen molar-refractivity contribution in [3.05, 3.63) is 71.5 Å². The molecular formula is C18H13BrN4O2S. The van der Waals surface area contributed by atoms with Crippen LogP contribution in [0.25, 0.3) is 22.0 Å². The number of nitrogens with zero attached hydrogens (tertiary/aromatic N) is 2. The van der Waals surface area contributed by atoms with Gasteiger partial charge in [0.25, 0.3) is 10.0 Å². The first kappa shape index (κ1) is 16.7. The van der Waals surface area contributed by atoms with Crippen molar-refractivity contribution in [2.75, 3.05) is 4.72 Å². The van der Waals surface area contributed by atoms with Gasteiger partial charge in [-0.25, -0.2) is 8.42 Å². The molecule has 2 N–H and O–H groups in total. The van der Waals surface area contributed by atoms with E-state index in [9.17, 15) is 8.42 Å². The van der Waals surface area contributed by atoms with Crippen molar-refractivity contribution in [3.8, 4) is 11.3 Å². The van der Waals surface area contributed by atoms with Crippen molar-refractivity contribution in [1.29, 1.82) is 0 Å². The lowest BCUT2D eigenvalue weighted by Gasteiger charge is -2.07. The number of hydrogen-bond donors (Lipinski definition) is 2. The Balaban J connectivity index is 1.63. The van der Waals surface area contributed by atoms with Gasteiger partial charge in [0.1, 0.15) is 0 Å². The van der Waals surface area contributed by atoms with Crippen LogP contribution in [-0.4, -0.2) is 23.6 Å². The first-order chi connectivity index (χ1) is 12.5. The molecule has 0 aliphatic rings. The molecule has 26 heavy (non-hydrogen) atoms. The van der Waals surface area contributed by atoms with E-state index < -0.39 is 10.0 Å². The molecule has 0 saturated carbocycles. The smallest absolute Gasteiger partial charge is 0.263 e. The third-order valence-corrected chi connectivity index (χ3v) is 5.72. The van der Waals surface area contributed by atoms with Crippen molar-refractivity contribution < 1.29 is 8.42 Å². The third-order valence-electron chi connectivity index (χ3n) is 3.87. The Kier molecular flexibility index (Phi) is 4.21. The van der Waals surface area contributed by atoms with E-state index >= 15 is 0 Å². The molecule has 0 saturated heterocycles. The Labute approximate surface area is 158 Å². The quantitative estimate of drug-likeness (QED) is 0.509. The summed E-state index contributed by atoms with van der Waals surface area (Å²) < 4.78 is 28.8. The molecule has 0 aliphatic carbocycles. The molecule has 2 aromatic carbocycles. The van der Waals surface area contributed by atoms with E-state index in [1.807, 2.05) is 24.3 Å². The van der Waals surface area contributed by atoms with Gasteiger partial charge in [-0.2, -0.15) is 5.10 Å². The fourth-order valence-electron chi connectivity index (χ4n) is 2.60. The van der Waals surface area contributed by atoms with Gasteiger partial charge in [-0.3, -0.25) is 14.8 Å². The zero-order valence-electron chi connectivity index (χ0n) is 13.3. The topological polar surface area (TPSA) is 87.7 Å². The summed E-state index contributed by atoms with van der Waals surface area (Å²) in [6.07, 6.45) is 3.34. The number of halogens is 1. The molecule has 8 heteroatoms. The lowest BCUT2D eigenvalue weighted by atomic mass is 10.1. The number of aromatic nitrogens is 3. The molecule has 0 radical (unpaired) electrons. The van der Waals surface area contributed by atoms with Gasteiger partial charge in [0.2, 0.25) is 0 Å². The van der Waals surface area contributed by atoms with E-state index in [1.54, 1.807) is 42.7 Å². The molecule has 0 spiro atoms. The van der Waals surface area contributed by atoms with Crippen LogP contribution in [0.1, 0.15) is 0 Å². The minimum Gasteiger partial charge on any atom is -0.276 e. The Morgan fingerprint density at radius 3 is 2.62 bits per heavy atom. The molecule has 2 heterocycles. The molecular weight excluding hydrogens is 416 g/mol. The molecule has 0 bridgehead atoms.